The van der Waals surface area contributed by atoms with Crippen molar-refractivity contribution in [3.8, 4) is 0 Å². The lowest BCUT2D eigenvalue weighted by atomic mass is 9.47. The van der Waals surface area contributed by atoms with Crippen LogP contribution in [0.25, 0.3) is 0 Å². The Morgan fingerprint density at radius 2 is 1.88 bits per heavy atom. The summed E-state index contributed by atoms with van der Waals surface area (Å²) in [6.45, 7) is 6.17. The molecule has 26 heavy (non-hydrogen) atoms. The summed E-state index contributed by atoms with van der Waals surface area (Å²) in [7, 11) is 0. The van der Waals surface area contributed by atoms with Crippen molar-refractivity contribution in [3.63, 3.8) is 0 Å². The molecule has 4 heteroatoms. The molecule has 0 radical (unpaired) electrons. The first-order valence-electron chi connectivity index (χ1n) is 10.4. The van der Waals surface area contributed by atoms with Gasteiger partial charge < -0.3 is 9.84 Å². The van der Waals surface area contributed by atoms with E-state index >= 15 is 0 Å². The molecule has 4 aliphatic rings. The lowest BCUT2D eigenvalue weighted by Crippen LogP contribution is -2.51. The average molecular weight is 360 g/mol. The van der Waals surface area contributed by atoms with Gasteiger partial charge in [0.2, 0.25) is 0 Å². The van der Waals surface area contributed by atoms with Gasteiger partial charge in [-0.05, 0) is 73.5 Å². The zero-order valence-corrected chi connectivity index (χ0v) is 16.3. The van der Waals surface area contributed by atoms with E-state index in [1.165, 1.54) is 12.5 Å². The number of carboxylic acids is 1. The standard InChI is InChI=1S/C22H32O4/c1-13(23)26-15-8-10-21(2)14(12-15)4-5-16-17-6-7-19(20(24)25)22(17,3)11-9-18(16)21/h4,15-19H,5-12H2,1-3H3,(H,24,25)/t15-,16-,17+,18-,19-,21+,22+/m1/s1. The van der Waals surface area contributed by atoms with Gasteiger partial charge in [-0.1, -0.05) is 25.5 Å². The smallest absolute Gasteiger partial charge is 0.307 e. The minimum absolute atomic E-state index is 0.0242. The van der Waals surface area contributed by atoms with Gasteiger partial charge in [-0.3, -0.25) is 9.59 Å². The van der Waals surface area contributed by atoms with Crippen molar-refractivity contribution in [1.82, 2.24) is 0 Å². The van der Waals surface area contributed by atoms with Crippen LogP contribution in [0.3, 0.4) is 0 Å². The monoisotopic (exact) mass is 360 g/mol. The van der Waals surface area contributed by atoms with Crippen LogP contribution in [0.2, 0.25) is 0 Å². The van der Waals surface area contributed by atoms with Crippen LogP contribution in [0.1, 0.15) is 72.1 Å². The zero-order chi connectivity index (χ0) is 18.7. The third kappa shape index (κ3) is 2.55. The van der Waals surface area contributed by atoms with Crippen molar-refractivity contribution in [2.45, 2.75) is 78.2 Å². The molecule has 144 valence electrons. The highest BCUT2D eigenvalue weighted by atomic mass is 16.5. The fraction of sp³-hybridized carbons (Fsp3) is 0.818. The summed E-state index contributed by atoms with van der Waals surface area (Å²) < 4.78 is 5.50. The van der Waals surface area contributed by atoms with Crippen molar-refractivity contribution in [1.29, 1.82) is 0 Å². The van der Waals surface area contributed by atoms with Gasteiger partial charge in [-0.25, -0.2) is 0 Å². The molecule has 0 unspecified atom stereocenters. The number of rotatable bonds is 2. The third-order valence-corrected chi connectivity index (χ3v) is 8.69. The van der Waals surface area contributed by atoms with Gasteiger partial charge in [-0.15, -0.1) is 0 Å². The van der Waals surface area contributed by atoms with Crippen LogP contribution in [-0.2, 0) is 14.3 Å². The fourth-order valence-electron chi connectivity index (χ4n) is 7.37. The Morgan fingerprint density at radius 3 is 2.58 bits per heavy atom. The summed E-state index contributed by atoms with van der Waals surface area (Å²) >= 11 is 0. The first kappa shape index (κ1) is 18.1. The number of ether oxygens (including phenoxy) is 1. The van der Waals surface area contributed by atoms with E-state index in [0.717, 1.165) is 51.4 Å². The molecule has 4 nitrogen and oxygen atoms in total. The Balaban J connectivity index is 1.59. The molecule has 4 rings (SSSR count). The number of allylic oxidation sites excluding steroid dienone is 1. The molecule has 0 aliphatic heterocycles. The highest BCUT2D eigenvalue weighted by molar-refractivity contribution is 5.71. The summed E-state index contributed by atoms with van der Waals surface area (Å²) in [5, 5.41) is 9.70. The number of hydrogen-bond acceptors (Lipinski definition) is 3. The number of aliphatic carboxylic acids is 1. The molecule has 0 saturated heterocycles. The van der Waals surface area contributed by atoms with Crippen LogP contribution in [0, 0.1) is 34.5 Å². The van der Waals surface area contributed by atoms with Crippen LogP contribution in [0.15, 0.2) is 11.6 Å². The summed E-state index contributed by atoms with van der Waals surface area (Å²) in [6.07, 6.45) is 10.6. The van der Waals surface area contributed by atoms with E-state index in [1.54, 1.807) is 0 Å². The average Bonchev–Trinajstić information content (AvgIpc) is 2.92. The molecule has 0 aromatic heterocycles. The zero-order valence-electron chi connectivity index (χ0n) is 16.3. The van der Waals surface area contributed by atoms with Gasteiger partial charge in [0.1, 0.15) is 6.10 Å². The summed E-state index contributed by atoms with van der Waals surface area (Å²) in [6, 6.07) is 0. The summed E-state index contributed by atoms with van der Waals surface area (Å²) in [5.74, 6) is 0.901. The Bertz CT molecular complexity index is 653. The van der Waals surface area contributed by atoms with E-state index in [2.05, 4.69) is 19.9 Å². The molecule has 0 heterocycles. The molecule has 3 saturated carbocycles. The molecule has 3 fully saturated rings. The molecule has 1 N–H and O–H groups in total. The molecule has 0 spiro atoms. The molecule has 4 aliphatic carbocycles. The van der Waals surface area contributed by atoms with Gasteiger partial charge in [0, 0.05) is 13.3 Å². The van der Waals surface area contributed by atoms with Crippen LogP contribution in [0.5, 0.6) is 0 Å². The number of carboxylic acid groups (broad SMARTS) is 1. The van der Waals surface area contributed by atoms with Gasteiger partial charge in [-0.2, -0.15) is 0 Å². The number of hydrogen-bond donors (Lipinski definition) is 1. The predicted octanol–water partition coefficient (Wildman–Crippen LogP) is 4.58. The number of carbonyl (C=O) groups excluding carboxylic acids is 1. The number of fused-ring (bicyclic) bond motifs is 5. The fourth-order valence-corrected chi connectivity index (χ4v) is 7.37. The van der Waals surface area contributed by atoms with Crippen LogP contribution in [0.4, 0.5) is 0 Å². The quantitative estimate of drug-likeness (QED) is 0.578. The Morgan fingerprint density at radius 1 is 1.12 bits per heavy atom. The molecular weight excluding hydrogens is 328 g/mol. The third-order valence-electron chi connectivity index (χ3n) is 8.69. The van der Waals surface area contributed by atoms with Crippen LogP contribution < -0.4 is 0 Å². The largest absolute Gasteiger partial charge is 0.481 e. The first-order chi connectivity index (χ1) is 12.3. The maximum absolute atomic E-state index is 11.8. The van der Waals surface area contributed by atoms with Gasteiger partial charge in [0.25, 0.3) is 0 Å². The van der Waals surface area contributed by atoms with Crippen molar-refractivity contribution in [3.05, 3.63) is 11.6 Å². The van der Waals surface area contributed by atoms with Crippen molar-refractivity contribution < 1.29 is 19.4 Å². The molecule has 0 aromatic rings. The highest BCUT2D eigenvalue weighted by Gasteiger charge is 2.60. The Kier molecular flexibility index (Phi) is 4.24. The Hall–Kier alpha value is -1.32. The summed E-state index contributed by atoms with van der Waals surface area (Å²) in [4.78, 5) is 23.1. The van der Waals surface area contributed by atoms with Crippen molar-refractivity contribution in [2.24, 2.45) is 34.5 Å². The Labute approximate surface area is 156 Å². The maximum Gasteiger partial charge on any atom is 0.307 e. The minimum Gasteiger partial charge on any atom is -0.481 e. The van der Waals surface area contributed by atoms with E-state index in [9.17, 15) is 14.7 Å². The summed E-state index contributed by atoms with van der Waals surface area (Å²) in [5.41, 5.74) is 1.68. The first-order valence-corrected chi connectivity index (χ1v) is 10.4. The van der Waals surface area contributed by atoms with E-state index in [4.69, 9.17) is 4.74 Å². The molecule has 0 bridgehead atoms. The number of esters is 1. The molecular formula is C22H32O4. The normalized spacial score (nSPS) is 47.2. The van der Waals surface area contributed by atoms with Crippen molar-refractivity contribution in [2.75, 3.05) is 0 Å². The van der Waals surface area contributed by atoms with Crippen LogP contribution in [-0.4, -0.2) is 23.1 Å². The molecule has 7 atom stereocenters. The molecule has 0 aromatic carbocycles. The lowest BCUT2D eigenvalue weighted by Gasteiger charge is -2.57. The van der Waals surface area contributed by atoms with Gasteiger partial charge in [0.15, 0.2) is 0 Å². The molecule has 0 amide bonds. The SMILES string of the molecule is CC(=O)O[C@@H]1CC[C@@]2(C)C(=CC[C@H]3[C@H]2CC[C@]2(C)[C@@H](C(=O)O)CC[C@@H]32)C1. The van der Waals surface area contributed by atoms with Gasteiger partial charge in [0.05, 0.1) is 5.92 Å². The number of carbonyl (C=O) groups is 2. The lowest BCUT2D eigenvalue weighted by molar-refractivity contribution is -0.151. The second-order valence-corrected chi connectivity index (χ2v) is 9.75. The highest BCUT2D eigenvalue weighted by Crippen LogP contribution is 2.66. The van der Waals surface area contributed by atoms with E-state index in [-0.39, 0.29) is 28.8 Å². The van der Waals surface area contributed by atoms with Crippen molar-refractivity contribution >= 4 is 11.9 Å². The van der Waals surface area contributed by atoms with E-state index in [0.29, 0.717) is 17.8 Å². The second kappa shape index (κ2) is 6.10. The second-order valence-electron chi connectivity index (χ2n) is 9.75. The van der Waals surface area contributed by atoms with Crippen LogP contribution >= 0.6 is 0 Å². The van der Waals surface area contributed by atoms with E-state index in [1.807, 2.05) is 0 Å². The van der Waals surface area contributed by atoms with E-state index < -0.39 is 5.97 Å². The maximum atomic E-state index is 11.8. The van der Waals surface area contributed by atoms with Gasteiger partial charge >= 0.3 is 11.9 Å². The topological polar surface area (TPSA) is 63.6 Å². The predicted molar refractivity (Wildman–Crippen MR) is 98.4 cm³/mol. The minimum atomic E-state index is -0.589.